The molecule has 1 amide bonds. The lowest BCUT2D eigenvalue weighted by Crippen LogP contribution is -2.46. The number of benzene rings is 1. The molecule has 0 spiro atoms. The Morgan fingerprint density at radius 3 is 2.65 bits per heavy atom. The van der Waals surface area contributed by atoms with E-state index in [2.05, 4.69) is 33.1 Å². The molecule has 2 heterocycles. The van der Waals surface area contributed by atoms with E-state index >= 15 is 0 Å². The van der Waals surface area contributed by atoms with E-state index in [1.165, 1.54) is 0 Å². The van der Waals surface area contributed by atoms with Gasteiger partial charge in [0, 0.05) is 12.2 Å². The van der Waals surface area contributed by atoms with E-state index in [0.717, 1.165) is 47.4 Å². The number of carbonyl (C=O) groups is 1. The molecule has 1 aliphatic carbocycles. The number of para-hydroxylation sites is 1. The van der Waals surface area contributed by atoms with Gasteiger partial charge in [-0.15, -0.1) is 21.5 Å². The fourth-order valence-corrected chi connectivity index (χ4v) is 5.16. The fourth-order valence-electron chi connectivity index (χ4n) is 3.05. The molecule has 0 aliphatic heterocycles. The summed E-state index contributed by atoms with van der Waals surface area (Å²) in [7, 11) is 0. The molecule has 7 heteroatoms. The first kappa shape index (κ1) is 17.3. The number of anilines is 1. The number of thioether (sulfide) groups is 1. The van der Waals surface area contributed by atoms with Crippen LogP contribution >= 0.6 is 23.1 Å². The van der Waals surface area contributed by atoms with Crippen LogP contribution in [0.5, 0.6) is 0 Å². The lowest BCUT2D eigenvalue weighted by molar-refractivity contribution is -0.120. The summed E-state index contributed by atoms with van der Waals surface area (Å²) in [4.78, 5) is 14.1. The maximum Gasteiger partial charge on any atom is 0.241 e. The van der Waals surface area contributed by atoms with Crippen molar-refractivity contribution in [2.75, 3.05) is 5.32 Å². The van der Waals surface area contributed by atoms with Crippen LogP contribution in [0.2, 0.25) is 0 Å². The number of hydrogen-bond donors (Lipinski definition) is 1. The molecule has 2 aromatic heterocycles. The number of hydrogen-bond acceptors (Lipinski definition) is 5. The van der Waals surface area contributed by atoms with Gasteiger partial charge in [0.25, 0.3) is 0 Å². The van der Waals surface area contributed by atoms with Crippen molar-refractivity contribution in [3.05, 3.63) is 47.8 Å². The Balaban J connectivity index is 1.58. The molecular weight excluding hydrogens is 364 g/mol. The van der Waals surface area contributed by atoms with Crippen LogP contribution in [0.15, 0.2) is 53.0 Å². The van der Waals surface area contributed by atoms with Gasteiger partial charge in [0.1, 0.15) is 4.75 Å². The lowest BCUT2D eigenvalue weighted by atomic mass is 9.83. The molecule has 5 nitrogen and oxygen atoms in total. The molecule has 0 radical (unpaired) electrons. The predicted octanol–water partition coefficient (Wildman–Crippen LogP) is 4.68. The maximum atomic E-state index is 13.0. The summed E-state index contributed by atoms with van der Waals surface area (Å²) in [6, 6.07) is 13.7. The Kier molecular flexibility index (Phi) is 4.82. The first-order chi connectivity index (χ1) is 12.7. The summed E-state index contributed by atoms with van der Waals surface area (Å²) in [6.45, 7) is 2.86. The van der Waals surface area contributed by atoms with E-state index in [0.29, 0.717) is 0 Å². The van der Waals surface area contributed by atoms with Crippen LogP contribution < -0.4 is 5.32 Å². The van der Waals surface area contributed by atoms with Crippen LogP contribution in [-0.4, -0.2) is 25.4 Å². The van der Waals surface area contributed by atoms with E-state index in [9.17, 15) is 4.79 Å². The average molecular weight is 385 g/mol. The Morgan fingerprint density at radius 2 is 2.04 bits per heavy atom. The lowest BCUT2D eigenvalue weighted by Gasteiger charge is -2.38. The number of thiophene rings is 1. The topological polar surface area (TPSA) is 59.8 Å². The normalized spacial score (nSPS) is 15.4. The van der Waals surface area contributed by atoms with Crippen LogP contribution in [0.3, 0.4) is 0 Å². The minimum absolute atomic E-state index is 0.0586. The molecule has 26 heavy (non-hydrogen) atoms. The van der Waals surface area contributed by atoms with Crippen LogP contribution in [0, 0.1) is 0 Å². The molecule has 1 saturated carbocycles. The van der Waals surface area contributed by atoms with E-state index < -0.39 is 4.75 Å². The largest absolute Gasteiger partial charge is 0.325 e. The second-order valence-electron chi connectivity index (χ2n) is 6.30. The zero-order chi connectivity index (χ0) is 18.0. The molecule has 1 aliphatic rings. The zero-order valence-corrected chi connectivity index (χ0v) is 16.1. The van der Waals surface area contributed by atoms with Crippen molar-refractivity contribution >= 4 is 34.7 Å². The Hall–Kier alpha value is -2.12. The maximum absolute atomic E-state index is 13.0. The highest BCUT2D eigenvalue weighted by Crippen LogP contribution is 2.48. The number of aromatic nitrogens is 3. The van der Waals surface area contributed by atoms with E-state index in [-0.39, 0.29) is 5.91 Å². The van der Waals surface area contributed by atoms with Crippen molar-refractivity contribution in [2.45, 2.75) is 42.6 Å². The van der Waals surface area contributed by atoms with Gasteiger partial charge < -0.3 is 9.88 Å². The van der Waals surface area contributed by atoms with E-state index in [1.807, 2.05) is 41.8 Å². The smallest absolute Gasteiger partial charge is 0.241 e. The molecule has 0 bridgehead atoms. The van der Waals surface area contributed by atoms with Crippen molar-refractivity contribution < 1.29 is 4.79 Å². The SMILES string of the molecule is CCn1c(SC2(C(=O)Nc3ccccc3)CCC2)nnc1-c1cccs1. The third kappa shape index (κ3) is 3.17. The summed E-state index contributed by atoms with van der Waals surface area (Å²) in [5.41, 5.74) is 0.834. The van der Waals surface area contributed by atoms with Gasteiger partial charge >= 0.3 is 0 Å². The first-order valence-electron chi connectivity index (χ1n) is 8.74. The second kappa shape index (κ2) is 7.25. The number of rotatable bonds is 6. The van der Waals surface area contributed by atoms with Gasteiger partial charge in [0.15, 0.2) is 11.0 Å². The van der Waals surface area contributed by atoms with Crippen molar-refractivity contribution in [1.82, 2.24) is 14.8 Å². The summed E-state index contributed by atoms with van der Waals surface area (Å²) in [5.74, 6) is 0.936. The van der Waals surface area contributed by atoms with Gasteiger partial charge in [-0.2, -0.15) is 0 Å². The average Bonchev–Trinajstić information content (AvgIpc) is 3.27. The van der Waals surface area contributed by atoms with Gasteiger partial charge in [-0.05, 0) is 49.8 Å². The minimum Gasteiger partial charge on any atom is -0.325 e. The molecule has 1 fully saturated rings. The van der Waals surface area contributed by atoms with E-state index in [1.54, 1.807) is 23.1 Å². The number of amides is 1. The minimum atomic E-state index is -0.456. The second-order valence-corrected chi connectivity index (χ2v) is 8.60. The molecule has 134 valence electrons. The standard InChI is InChI=1S/C19H20N4OS2/c1-2-23-16(15-10-6-13-25-15)21-22-18(23)26-19(11-7-12-19)17(24)20-14-8-4-3-5-9-14/h3-6,8-10,13H,2,7,11-12H2,1H3,(H,20,24). The van der Waals surface area contributed by atoms with Gasteiger partial charge in [-0.25, -0.2) is 0 Å². The van der Waals surface area contributed by atoms with Gasteiger partial charge in [0.2, 0.25) is 5.91 Å². The molecule has 0 saturated heterocycles. The quantitative estimate of drug-likeness (QED) is 0.670. The highest BCUT2D eigenvalue weighted by Gasteiger charge is 2.46. The van der Waals surface area contributed by atoms with Gasteiger partial charge in [-0.1, -0.05) is 36.0 Å². The molecule has 3 aromatic rings. The van der Waals surface area contributed by atoms with Crippen LogP contribution in [0.4, 0.5) is 5.69 Å². The summed E-state index contributed by atoms with van der Waals surface area (Å²) < 4.78 is 1.65. The summed E-state index contributed by atoms with van der Waals surface area (Å²) >= 11 is 3.21. The fraction of sp³-hybridized carbons (Fsp3) is 0.316. The molecular formula is C19H20N4OS2. The number of carbonyl (C=O) groups excluding carboxylic acids is 1. The Bertz CT molecular complexity index is 886. The van der Waals surface area contributed by atoms with Crippen molar-refractivity contribution in [2.24, 2.45) is 0 Å². The van der Waals surface area contributed by atoms with Crippen molar-refractivity contribution in [3.8, 4) is 10.7 Å². The van der Waals surface area contributed by atoms with Gasteiger partial charge in [-0.3, -0.25) is 4.79 Å². The monoisotopic (exact) mass is 384 g/mol. The highest BCUT2D eigenvalue weighted by molar-refractivity contribution is 8.01. The zero-order valence-electron chi connectivity index (χ0n) is 14.5. The van der Waals surface area contributed by atoms with Crippen LogP contribution in [0.25, 0.3) is 10.7 Å². The highest BCUT2D eigenvalue weighted by atomic mass is 32.2. The third-order valence-electron chi connectivity index (χ3n) is 4.67. The van der Waals surface area contributed by atoms with Crippen LogP contribution in [-0.2, 0) is 11.3 Å². The first-order valence-corrected chi connectivity index (χ1v) is 10.4. The summed E-state index contributed by atoms with van der Waals surface area (Å²) in [6.07, 6.45) is 2.79. The molecule has 0 atom stereocenters. The summed E-state index contributed by atoms with van der Waals surface area (Å²) in [5, 5.41) is 14.7. The number of nitrogens with zero attached hydrogens (tertiary/aromatic N) is 3. The predicted molar refractivity (Wildman–Crippen MR) is 107 cm³/mol. The number of nitrogens with one attached hydrogen (secondary N) is 1. The Morgan fingerprint density at radius 1 is 1.23 bits per heavy atom. The van der Waals surface area contributed by atoms with Crippen molar-refractivity contribution in [1.29, 1.82) is 0 Å². The Labute approximate surface area is 160 Å². The van der Waals surface area contributed by atoms with Crippen LogP contribution in [0.1, 0.15) is 26.2 Å². The molecule has 1 aromatic carbocycles. The molecule has 1 N–H and O–H groups in total. The molecule has 4 rings (SSSR count). The van der Waals surface area contributed by atoms with E-state index in [4.69, 9.17) is 0 Å². The van der Waals surface area contributed by atoms with Crippen molar-refractivity contribution in [3.63, 3.8) is 0 Å². The third-order valence-corrected chi connectivity index (χ3v) is 7.00. The van der Waals surface area contributed by atoms with Gasteiger partial charge in [0.05, 0.1) is 4.88 Å². The molecule has 0 unspecified atom stereocenters.